The van der Waals surface area contributed by atoms with Gasteiger partial charge in [-0.05, 0) is 24.3 Å². The number of ether oxygens (including phenoxy) is 1. The summed E-state index contributed by atoms with van der Waals surface area (Å²) in [6.45, 7) is 4.12. The molecule has 1 aromatic carbocycles. The van der Waals surface area contributed by atoms with Gasteiger partial charge in [0, 0.05) is 64.3 Å². The van der Waals surface area contributed by atoms with Gasteiger partial charge >= 0.3 is 0 Å². The van der Waals surface area contributed by atoms with Crippen LogP contribution >= 0.6 is 0 Å². The third-order valence-corrected chi connectivity index (χ3v) is 7.27. The Morgan fingerprint density at radius 2 is 1.66 bits per heavy atom. The maximum atomic E-state index is 12.8. The van der Waals surface area contributed by atoms with Gasteiger partial charge in [-0.3, -0.25) is 4.79 Å². The van der Waals surface area contributed by atoms with Crippen molar-refractivity contribution < 1.29 is 17.9 Å². The van der Waals surface area contributed by atoms with E-state index in [9.17, 15) is 13.2 Å². The molecule has 2 aliphatic rings. The number of anilines is 1. The summed E-state index contributed by atoms with van der Waals surface area (Å²) >= 11 is 0. The SMILES string of the molecule is Cn1ccnc1N1CCN(C(=O)c2ccc(S(=O)(=O)N3CCOCC3)cc2)CC1. The highest BCUT2D eigenvalue weighted by atomic mass is 32.2. The number of piperazine rings is 1. The highest BCUT2D eigenvalue weighted by Crippen LogP contribution is 2.19. The van der Waals surface area contributed by atoms with Crippen LogP contribution in [-0.2, 0) is 21.8 Å². The molecule has 0 bridgehead atoms. The van der Waals surface area contributed by atoms with Crippen LogP contribution in [0, 0.1) is 0 Å². The third-order valence-electron chi connectivity index (χ3n) is 5.35. The molecule has 1 aromatic heterocycles. The monoisotopic (exact) mass is 419 g/mol. The minimum Gasteiger partial charge on any atom is -0.379 e. The fourth-order valence-corrected chi connectivity index (χ4v) is 5.07. The second-order valence-corrected chi connectivity index (χ2v) is 9.10. The molecule has 0 N–H and O–H groups in total. The topological polar surface area (TPSA) is 88.0 Å². The smallest absolute Gasteiger partial charge is 0.253 e. The van der Waals surface area contributed by atoms with Gasteiger partial charge in [0.2, 0.25) is 16.0 Å². The van der Waals surface area contributed by atoms with Gasteiger partial charge in [-0.15, -0.1) is 0 Å². The third kappa shape index (κ3) is 4.00. The van der Waals surface area contributed by atoms with Crippen LogP contribution in [-0.4, -0.2) is 85.6 Å². The van der Waals surface area contributed by atoms with Crippen molar-refractivity contribution in [1.29, 1.82) is 0 Å². The fraction of sp³-hybridized carbons (Fsp3) is 0.474. The minimum absolute atomic E-state index is 0.0835. The summed E-state index contributed by atoms with van der Waals surface area (Å²) in [5.74, 6) is 0.814. The molecule has 0 radical (unpaired) electrons. The second kappa shape index (κ2) is 8.13. The number of sulfonamides is 1. The van der Waals surface area contributed by atoms with Crippen molar-refractivity contribution in [1.82, 2.24) is 18.8 Å². The fourth-order valence-electron chi connectivity index (χ4n) is 3.66. The molecule has 3 heterocycles. The van der Waals surface area contributed by atoms with E-state index in [1.807, 2.05) is 17.8 Å². The van der Waals surface area contributed by atoms with Gasteiger partial charge in [0.15, 0.2) is 0 Å². The zero-order valence-corrected chi connectivity index (χ0v) is 17.2. The van der Waals surface area contributed by atoms with Crippen LogP contribution in [0.25, 0.3) is 0 Å². The van der Waals surface area contributed by atoms with E-state index in [-0.39, 0.29) is 10.8 Å². The van der Waals surface area contributed by atoms with Gasteiger partial charge in [-0.25, -0.2) is 13.4 Å². The van der Waals surface area contributed by atoms with Crippen LogP contribution in [0.2, 0.25) is 0 Å². The molecule has 2 saturated heterocycles. The summed E-state index contributed by atoms with van der Waals surface area (Å²) in [5.41, 5.74) is 0.497. The van der Waals surface area contributed by atoms with Gasteiger partial charge in [-0.1, -0.05) is 0 Å². The minimum atomic E-state index is -3.55. The van der Waals surface area contributed by atoms with E-state index in [1.54, 1.807) is 23.2 Å². The van der Waals surface area contributed by atoms with Crippen molar-refractivity contribution in [3.8, 4) is 0 Å². The van der Waals surface area contributed by atoms with E-state index in [4.69, 9.17) is 4.74 Å². The Balaban J connectivity index is 1.40. The van der Waals surface area contributed by atoms with Crippen LogP contribution < -0.4 is 4.90 Å². The first-order chi connectivity index (χ1) is 14.0. The molecule has 0 spiro atoms. The lowest BCUT2D eigenvalue weighted by Crippen LogP contribution is -2.49. The molecule has 1 amide bonds. The maximum absolute atomic E-state index is 12.8. The molecule has 0 unspecified atom stereocenters. The summed E-state index contributed by atoms with van der Waals surface area (Å²) < 4.78 is 34.0. The van der Waals surface area contributed by atoms with Crippen LogP contribution in [0.4, 0.5) is 5.95 Å². The molecular weight excluding hydrogens is 394 g/mol. The van der Waals surface area contributed by atoms with Gasteiger partial charge in [0.25, 0.3) is 5.91 Å². The normalized spacial score (nSPS) is 18.8. The molecule has 0 aliphatic carbocycles. The predicted molar refractivity (Wildman–Crippen MR) is 107 cm³/mol. The molecule has 0 saturated carbocycles. The largest absolute Gasteiger partial charge is 0.379 e. The Labute approximate surface area is 170 Å². The number of aryl methyl sites for hydroxylation is 1. The number of morpholine rings is 1. The molecule has 156 valence electrons. The molecule has 0 atom stereocenters. The number of hydrogen-bond donors (Lipinski definition) is 0. The molecule has 9 nitrogen and oxygen atoms in total. The van der Waals surface area contributed by atoms with Crippen LogP contribution in [0.5, 0.6) is 0 Å². The highest BCUT2D eigenvalue weighted by Gasteiger charge is 2.27. The lowest BCUT2D eigenvalue weighted by atomic mass is 10.2. The summed E-state index contributed by atoms with van der Waals surface area (Å²) in [4.78, 5) is 21.3. The first kappa shape index (κ1) is 19.9. The average Bonchev–Trinajstić information content (AvgIpc) is 3.20. The summed E-state index contributed by atoms with van der Waals surface area (Å²) in [6, 6.07) is 6.23. The summed E-state index contributed by atoms with van der Waals surface area (Å²) in [7, 11) is -1.60. The van der Waals surface area contributed by atoms with Crippen LogP contribution in [0.15, 0.2) is 41.6 Å². The Morgan fingerprint density at radius 3 is 2.24 bits per heavy atom. The average molecular weight is 420 g/mol. The first-order valence-corrected chi connectivity index (χ1v) is 11.1. The van der Waals surface area contributed by atoms with Crippen molar-refractivity contribution in [2.45, 2.75) is 4.90 Å². The Hall–Kier alpha value is -2.43. The van der Waals surface area contributed by atoms with Crippen molar-refractivity contribution >= 4 is 21.9 Å². The van der Waals surface area contributed by atoms with Gasteiger partial charge in [0.05, 0.1) is 18.1 Å². The highest BCUT2D eigenvalue weighted by molar-refractivity contribution is 7.89. The number of carbonyl (C=O) groups excluding carboxylic acids is 1. The molecule has 2 aromatic rings. The van der Waals surface area contributed by atoms with Crippen LogP contribution in [0.3, 0.4) is 0 Å². The number of rotatable bonds is 4. The molecule has 2 aliphatic heterocycles. The zero-order chi connectivity index (χ0) is 20.4. The van der Waals surface area contributed by atoms with Crippen LogP contribution in [0.1, 0.15) is 10.4 Å². The number of aromatic nitrogens is 2. The lowest BCUT2D eigenvalue weighted by Gasteiger charge is -2.35. The van der Waals surface area contributed by atoms with Gasteiger partial charge < -0.3 is 19.1 Å². The van der Waals surface area contributed by atoms with Crippen molar-refractivity contribution in [3.05, 3.63) is 42.2 Å². The van der Waals surface area contributed by atoms with Gasteiger partial charge in [-0.2, -0.15) is 4.31 Å². The zero-order valence-electron chi connectivity index (χ0n) is 16.4. The maximum Gasteiger partial charge on any atom is 0.253 e. The number of hydrogen-bond acceptors (Lipinski definition) is 6. The molecule has 29 heavy (non-hydrogen) atoms. The van der Waals surface area contributed by atoms with E-state index in [0.29, 0.717) is 58.0 Å². The van der Waals surface area contributed by atoms with Crippen molar-refractivity contribution in [2.24, 2.45) is 7.05 Å². The Kier molecular flexibility index (Phi) is 5.57. The van der Waals surface area contributed by atoms with E-state index < -0.39 is 10.0 Å². The number of nitrogens with zero attached hydrogens (tertiary/aromatic N) is 5. The van der Waals surface area contributed by atoms with Crippen molar-refractivity contribution in [3.63, 3.8) is 0 Å². The number of benzene rings is 1. The molecule has 2 fully saturated rings. The molecule has 4 rings (SSSR count). The molecule has 10 heteroatoms. The van der Waals surface area contributed by atoms with E-state index in [0.717, 1.165) is 5.95 Å². The van der Waals surface area contributed by atoms with Gasteiger partial charge in [0.1, 0.15) is 0 Å². The Bertz CT molecular complexity index is 959. The summed E-state index contributed by atoms with van der Waals surface area (Å²) in [6.07, 6.45) is 3.67. The quantitative estimate of drug-likeness (QED) is 0.713. The second-order valence-electron chi connectivity index (χ2n) is 7.16. The predicted octanol–water partition coefficient (Wildman–Crippen LogP) is 0.403. The van der Waals surface area contributed by atoms with Crippen molar-refractivity contribution in [2.75, 3.05) is 57.4 Å². The van der Waals surface area contributed by atoms with E-state index in [1.165, 1.54) is 16.4 Å². The number of amides is 1. The standard InChI is InChI=1S/C19H25N5O4S/c1-21-7-6-20-19(21)23-10-8-22(9-11-23)18(25)16-2-4-17(5-3-16)29(26,27)24-12-14-28-15-13-24/h2-7H,8-15H2,1H3. The number of carbonyl (C=O) groups is 1. The number of imidazole rings is 1. The van der Waals surface area contributed by atoms with E-state index in [2.05, 4.69) is 9.88 Å². The summed E-state index contributed by atoms with van der Waals surface area (Å²) in [5, 5.41) is 0. The Morgan fingerprint density at radius 1 is 1.00 bits per heavy atom. The first-order valence-electron chi connectivity index (χ1n) is 9.66. The molecular formula is C19H25N5O4S. The lowest BCUT2D eigenvalue weighted by molar-refractivity contribution is 0.0730. The van der Waals surface area contributed by atoms with E-state index >= 15 is 0 Å².